The van der Waals surface area contributed by atoms with Gasteiger partial charge in [0.25, 0.3) is 5.56 Å². The number of thiophene rings is 1. The van der Waals surface area contributed by atoms with E-state index in [2.05, 4.69) is 9.97 Å². The van der Waals surface area contributed by atoms with E-state index in [4.69, 9.17) is 14.2 Å². The molecule has 26 heavy (non-hydrogen) atoms. The number of fused-ring (bicyclic) bond motifs is 1. The van der Waals surface area contributed by atoms with Gasteiger partial charge < -0.3 is 19.2 Å². The summed E-state index contributed by atoms with van der Waals surface area (Å²) < 4.78 is 16.3. The Bertz CT molecular complexity index is 933. The Morgan fingerprint density at radius 3 is 2.73 bits per heavy atom. The third-order valence-electron chi connectivity index (χ3n) is 3.59. The van der Waals surface area contributed by atoms with Crippen molar-refractivity contribution in [2.45, 2.75) is 19.4 Å². The van der Waals surface area contributed by atoms with Crippen LogP contribution in [0.2, 0.25) is 0 Å². The van der Waals surface area contributed by atoms with Crippen LogP contribution in [0.25, 0.3) is 10.2 Å². The molecule has 1 N–H and O–H groups in total. The van der Waals surface area contributed by atoms with E-state index in [1.54, 1.807) is 30.7 Å². The normalized spacial score (nSPS) is 10.7. The molecule has 7 nitrogen and oxygen atoms in total. The van der Waals surface area contributed by atoms with Gasteiger partial charge in [0, 0.05) is 6.42 Å². The molecular weight excluding hydrogens is 356 g/mol. The van der Waals surface area contributed by atoms with Crippen molar-refractivity contribution in [3.63, 3.8) is 0 Å². The van der Waals surface area contributed by atoms with Crippen LogP contribution >= 0.6 is 11.3 Å². The predicted octanol–water partition coefficient (Wildman–Crippen LogP) is 2.90. The lowest BCUT2D eigenvalue weighted by Crippen LogP contribution is -2.13. The fourth-order valence-electron chi connectivity index (χ4n) is 2.29. The van der Waals surface area contributed by atoms with Crippen LogP contribution in [0.5, 0.6) is 11.5 Å². The molecule has 0 fully saturated rings. The first-order chi connectivity index (χ1) is 12.7. The highest BCUT2D eigenvalue weighted by atomic mass is 32.1. The maximum absolute atomic E-state index is 11.8. The third-order valence-corrected chi connectivity index (χ3v) is 4.49. The highest BCUT2D eigenvalue weighted by Crippen LogP contribution is 2.17. The number of aromatic nitrogens is 2. The molecule has 0 unspecified atom stereocenters. The van der Waals surface area contributed by atoms with E-state index in [-0.39, 0.29) is 24.6 Å². The van der Waals surface area contributed by atoms with Gasteiger partial charge in [0.1, 0.15) is 28.6 Å². The number of nitrogens with one attached hydrogen (secondary N) is 1. The molecule has 0 spiro atoms. The van der Waals surface area contributed by atoms with E-state index in [0.717, 1.165) is 5.75 Å². The summed E-state index contributed by atoms with van der Waals surface area (Å²) in [5.74, 6) is 1.44. The van der Waals surface area contributed by atoms with Crippen LogP contribution in [0, 0.1) is 0 Å². The molecule has 2 heterocycles. The molecule has 3 aromatic rings. The first kappa shape index (κ1) is 17.9. The summed E-state index contributed by atoms with van der Waals surface area (Å²) in [6.45, 7) is 0.344. The summed E-state index contributed by atoms with van der Waals surface area (Å²) in [7, 11) is 1.60. The van der Waals surface area contributed by atoms with E-state index < -0.39 is 0 Å². The largest absolute Gasteiger partial charge is 0.497 e. The topological polar surface area (TPSA) is 90.5 Å². The van der Waals surface area contributed by atoms with Crippen molar-refractivity contribution in [2.75, 3.05) is 13.7 Å². The monoisotopic (exact) mass is 374 g/mol. The Balaban J connectivity index is 1.40. The maximum Gasteiger partial charge on any atom is 0.306 e. The van der Waals surface area contributed by atoms with Gasteiger partial charge in [-0.15, -0.1) is 11.3 Å². The molecule has 0 bridgehead atoms. The van der Waals surface area contributed by atoms with Gasteiger partial charge in [-0.05, 0) is 42.1 Å². The molecule has 8 heteroatoms. The quantitative estimate of drug-likeness (QED) is 0.482. The second-order valence-corrected chi connectivity index (χ2v) is 6.35. The molecule has 0 atom stereocenters. The number of benzene rings is 1. The van der Waals surface area contributed by atoms with Gasteiger partial charge >= 0.3 is 5.97 Å². The molecule has 1 aromatic carbocycles. The van der Waals surface area contributed by atoms with Crippen LogP contribution in [0.1, 0.15) is 18.7 Å². The molecule has 136 valence electrons. The zero-order chi connectivity index (χ0) is 18.4. The van der Waals surface area contributed by atoms with Crippen molar-refractivity contribution >= 4 is 27.5 Å². The minimum absolute atomic E-state index is 0.0564. The smallest absolute Gasteiger partial charge is 0.306 e. The highest BCUT2D eigenvalue weighted by molar-refractivity contribution is 7.17. The Hall–Kier alpha value is -2.87. The summed E-state index contributed by atoms with van der Waals surface area (Å²) in [5.41, 5.74) is 0.390. The molecule has 0 saturated heterocycles. The molecule has 0 saturated carbocycles. The van der Waals surface area contributed by atoms with Crippen molar-refractivity contribution < 1.29 is 19.0 Å². The van der Waals surface area contributed by atoms with Crippen LogP contribution in [-0.2, 0) is 16.1 Å². The van der Waals surface area contributed by atoms with Crippen LogP contribution in [-0.4, -0.2) is 29.7 Å². The number of methoxy groups -OCH3 is 1. The fourth-order valence-corrected chi connectivity index (χ4v) is 3.01. The van der Waals surface area contributed by atoms with Gasteiger partial charge in [-0.25, -0.2) is 4.98 Å². The number of aromatic amines is 1. The van der Waals surface area contributed by atoms with E-state index in [1.165, 1.54) is 11.3 Å². The Labute approximate surface area is 153 Å². The van der Waals surface area contributed by atoms with Crippen molar-refractivity contribution in [1.29, 1.82) is 0 Å². The van der Waals surface area contributed by atoms with Gasteiger partial charge in [-0.3, -0.25) is 9.59 Å². The van der Waals surface area contributed by atoms with Crippen molar-refractivity contribution in [3.05, 3.63) is 51.9 Å². The van der Waals surface area contributed by atoms with Crippen LogP contribution in [0.3, 0.4) is 0 Å². The Kier molecular flexibility index (Phi) is 5.85. The fraction of sp³-hybridized carbons (Fsp3) is 0.278. The van der Waals surface area contributed by atoms with Crippen molar-refractivity contribution in [3.8, 4) is 11.5 Å². The van der Waals surface area contributed by atoms with Crippen molar-refractivity contribution in [1.82, 2.24) is 9.97 Å². The molecule has 0 amide bonds. The number of carbonyl (C=O) groups excluding carboxylic acids is 1. The molecule has 0 radical (unpaired) electrons. The van der Waals surface area contributed by atoms with E-state index >= 15 is 0 Å². The summed E-state index contributed by atoms with van der Waals surface area (Å²) in [6, 6.07) is 8.99. The van der Waals surface area contributed by atoms with Gasteiger partial charge in [0.2, 0.25) is 0 Å². The second kappa shape index (κ2) is 8.48. The lowest BCUT2D eigenvalue weighted by atomic mass is 10.3. The summed E-state index contributed by atoms with van der Waals surface area (Å²) in [5, 5.41) is 1.80. The number of hydrogen-bond donors (Lipinski definition) is 1. The van der Waals surface area contributed by atoms with E-state index in [0.29, 0.717) is 34.8 Å². The molecule has 0 aliphatic rings. The van der Waals surface area contributed by atoms with Gasteiger partial charge in [-0.1, -0.05) is 0 Å². The lowest BCUT2D eigenvalue weighted by molar-refractivity contribution is -0.145. The number of esters is 1. The summed E-state index contributed by atoms with van der Waals surface area (Å²) >= 11 is 1.33. The SMILES string of the molecule is COc1ccc(OCCCC(=O)OCc2nc3ccsc3c(=O)[nH]2)cc1. The van der Waals surface area contributed by atoms with Crippen LogP contribution in [0.4, 0.5) is 0 Å². The Morgan fingerprint density at radius 1 is 1.19 bits per heavy atom. The second-order valence-electron chi connectivity index (χ2n) is 5.44. The number of rotatable bonds is 8. The number of hydrogen-bond acceptors (Lipinski definition) is 7. The minimum atomic E-state index is -0.364. The van der Waals surface area contributed by atoms with Gasteiger partial charge in [0.05, 0.1) is 19.2 Å². The lowest BCUT2D eigenvalue weighted by Gasteiger charge is -2.07. The number of carbonyl (C=O) groups is 1. The number of nitrogens with zero attached hydrogens (tertiary/aromatic N) is 1. The average Bonchev–Trinajstić information content (AvgIpc) is 3.13. The zero-order valence-corrected chi connectivity index (χ0v) is 15.0. The summed E-state index contributed by atoms with van der Waals surface area (Å²) in [4.78, 5) is 30.5. The average molecular weight is 374 g/mol. The van der Waals surface area contributed by atoms with E-state index in [9.17, 15) is 9.59 Å². The first-order valence-corrected chi connectivity index (χ1v) is 8.92. The molecule has 2 aromatic heterocycles. The molecule has 0 aliphatic heterocycles. The number of H-pyrrole nitrogens is 1. The van der Waals surface area contributed by atoms with Gasteiger partial charge in [0.15, 0.2) is 0 Å². The van der Waals surface area contributed by atoms with Crippen molar-refractivity contribution in [2.24, 2.45) is 0 Å². The predicted molar refractivity (Wildman–Crippen MR) is 97.8 cm³/mol. The molecule has 3 rings (SSSR count). The number of ether oxygens (including phenoxy) is 3. The zero-order valence-electron chi connectivity index (χ0n) is 14.2. The third kappa shape index (κ3) is 4.60. The molecular formula is C18H18N2O5S. The highest BCUT2D eigenvalue weighted by Gasteiger charge is 2.08. The standard InChI is InChI=1S/C18H18N2O5S/c1-23-12-4-6-13(7-5-12)24-9-2-3-16(21)25-11-15-19-14-8-10-26-17(14)18(22)20-15/h4-8,10H,2-3,9,11H2,1H3,(H,19,20,22). The first-order valence-electron chi connectivity index (χ1n) is 8.04. The molecule has 0 aliphatic carbocycles. The minimum Gasteiger partial charge on any atom is -0.497 e. The van der Waals surface area contributed by atoms with E-state index in [1.807, 2.05) is 12.1 Å². The maximum atomic E-state index is 11.8. The summed E-state index contributed by atoms with van der Waals surface area (Å²) in [6.07, 6.45) is 0.749. The Morgan fingerprint density at radius 2 is 1.96 bits per heavy atom. The van der Waals surface area contributed by atoms with Gasteiger partial charge in [-0.2, -0.15) is 0 Å². The van der Waals surface area contributed by atoms with Crippen LogP contribution < -0.4 is 15.0 Å². The van der Waals surface area contributed by atoms with Crippen LogP contribution in [0.15, 0.2) is 40.5 Å².